The summed E-state index contributed by atoms with van der Waals surface area (Å²) in [6, 6.07) is 4.54. The zero-order valence-electron chi connectivity index (χ0n) is 10.8. The second-order valence-corrected chi connectivity index (χ2v) is 4.83. The Labute approximate surface area is 114 Å². The quantitative estimate of drug-likeness (QED) is 0.892. The number of carboxylic acids is 1. The third-order valence-corrected chi connectivity index (χ3v) is 3.40. The summed E-state index contributed by atoms with van der Waals surface area (Å²) in [5, 5.41) is 17.3. The number of fused-ring (bicyclic) bond motifs is 1. The van der Waals surface area contributed by atoms with E-state index in [1.54, 1.807) is 11.0 Å². The lowest BCUT2D eigenvalue weighted by atomic mass is 10.2. The summed E-state index contributed by atoms with van der Waals surface area (Å²) in [4.78, 5) is 26.0. The number of rotatable bonds is 3. The topological polar surface area (TPSA) is 88.3 Å². The lowest BCUT2D eigenvalue weighted by Gasteiger charge is -2.14. The van der Waals surface area contributed by atoms with Crippen LogP contribution in [0.15, 0.2) is 18.2 Å². The maximum atomic E-state index is 12.0. The molecular weight excluding hydrogens is 260 g/mol. The van der Waals surface area contributed by atoms with Crippen molar-refractivity contribution in [3.05, 3.63) is 23.8 Å². The van der Waals surface area contributed by atoms with Crippen LogP contribution in [-0.4, -0.2) is 50.0 Å². The standard InChI is InChI=1S/C13H14N4O3/c18-12(16-5-1-2-6-16)8-17-14-10-4-3-9(13(19)20)7-11(10)15-17/h3-4,7H,1-2,5-6,8H2,(H,19,20). The number of amides is 1. The van der Waals surface area contributed by atoms with Gasteiger partial charge in [-0.25, -0.2) is 4.79 Å². The molecule has 1 amide bonds. The Balaban J connectivity index is 1.81. The molecule has 1 fully saturated rings. The fraction of sp³-hybridized carbons (Fsp3) is 0.385. The molecular formula is C13H14N4O3. The van der Waals surface area contributed by atoms with Crippen LogP contribution in [-0.2, 0) is 11.3 Å². The normalized spacial score (nSPS) is 14.9. The number of aromatic nitrogens is 3. The van der Waals surface area contributed by atoms with Crippen molar-refractivity contribution in [1.29, 1.82) is 0 Å². The van der Waals surface area contributed by atoms with E-state index in [-0.39, 0.29) is 18.0 Å². The molecule has 2 heterocycles. The van der Waals surface area contributed by atoms with Gasteiger partial charge in [0.1, 0.15) is 17.6 Å². The van der Waals surface area contributed by atoms with E-state index in [0.717, 1.165) is 25.9 Å². The van der Waals surface area contributed by atoms with Gasteiger partial charge in [0.15, 0.2) is 0 Å². The van der Waals surface area contributed by atoms with Crippen molar-refractivity contribution in [2.45, 2.75) is 19.4 Å². The minimum atomic E-state index is -1.01. The van der Waals surface area contributed by atoms with Crippen molar-refractivity contribution >= 4 is 22.9 Å². The molecule has 3 rings (SSSR count). The number of hydrogen-bond donors (Lipinski definition) is 1. The number of hydrogen-bond acceptors (Lipinski definition) is 4. The molecule has 1 aromatic heterocycles. The molecule has 0 atom stereocenters. The molecule has 0 saturated carbocycles. The number of aromatic carboxylic acids is 1. The van der Waals surface area contributed by atoms with E-state index < -0.39 is 5.97 Å². The summed E-state index contributed by atoms with van der Waals surface area (Å²) < 4.78 is 0. The Hall–Kier alpha value is -2.44. The van der Waals surface area contributed by atoms with E-state index in [1.165, 1.54) is 16.9 Å². The predicted molar refractivity (Wildman–Crippen MR) is 70.3 cm³/mol. The van der Waals surface area contributed by atoms with Gasteiger partial charge < -0.3 is 10.0 Å². The number of nitrogens with zero attached hydrogens (tertiary/aromatic N) is 4. The van der Waals surface area contributed by atoms with Crippen molar-refractivity contribution in [1.82, 2.24) is 19.9 Å². The monoisotopic (exact) mass is 274 g/mol. The highest BCUT2D eigenvalue weighted by atomic mass is 16.4. The summed E-state index contributed by atoms with van der Waals surface area (Å²) in [6.45, 7) is 1.68. The summed E-state index contributed by atoms with van der Waals surface area (Å²) >= 11 is 0. The number of benzene rings is 1. The lowest BCUT2D eigenvalue weighted by Crippen LogP contribution is -2.31. The van der Waals surface area contributed by atoms with Crippen LogP contribution in [0.5, 0.6) is 0 Å². The fourth-order valence-corrected chi connectivity index (χ4v) is 2.35. The van der Waals surface area contributed by atoms with Crippen molar-refractivity contribution in [3.63, 3.8) is 0 Å². The zero-order chi connectivity index (χ0) is 14.1. The largest absolute Gasteiger partial charge is 0.478 e. The predicted octanol–water partition coefficient (Wildman–Crippen LogP) is 0.752. The first-order valence-electron chi connectivity index (χ1n) is 6.49. The second kappa shape index (κ2) is 4.92. The molecule has 7 nitrogen and oxygen atoms in total. The van der Waals surface area contributed by atoms with Crippen LogP contribution >= 0.6 is 0 Å². The molecule has 0 unspecified atom stereocenters. The highest BCUT2D eigenvalue weighted by Crippen LogP contribution is 2.13. The summed E-state index contributed by atoms with van der Waals surface area (Å²) in [5.41, 5.74) is 1.23. The molecule has 1 aliphatic heterocycles. The maximum absolute atomic E-state index is 12.0. The Bertz CT molecular complexity index is 673. The van der Waals surface area contributed by atoms with E-state index in [2.05, 4.69) is 10.2 Å². The van der Waals surface area contributed by atoms with Gasteiger partial charge in [0.2, 0.25) is 5.91 Å². The van der Waals surface area contributed by atoms with Crippen LogP contribution in [0.2, 0.25) is 0 Å². The summed E-state index contributed by atoms with van der Waals surface area (Å²) in [5.74, 6) is -1.00. The van der Waals surface area contributed by atoms with Gasteiger partial charge in [-0.3, -0.25) is 4.79 Å². The Kier molecular flexibility index (Phi) is 3.09. The number of carbonyl (C=O) groups excluding carboxylic acids is 1. The first-order valence-corrected chi connectivity index (χ1v) is 6.49. The minimum Gasteiger partial charge on any atom is -0.478 e. The summed E-state index contributed by atoms with van der Waals surface area (Å²) in [6.07, 6.45) is 2.09. The highest BCUT2D eigenvalue weighted by Gasteiger charge is 2.19. The van der Waals surface area contributed by atoms with E-state index in [1.807, 2.05) is 0 Å². The van der Waals surface area contributed by atoms with Crippen molar-refractivity contribution < 1.29 is 14.7 Å². The SMILES string of the molecule is O=C(O)c1ccc2nn(CC(=O)N3CCCC3)nc2c1. The average molecular weight is 274 g/mol. The smallest absolute Gasteiger partial charge is 0.335 e. The van der Waals surface area contributed by atoms with E-state index in [4.69, 9.17) is 5.11 Å². The van der Waals surface area contributed by atoms with Gasteiger partial charge in [0, 0.05) is 13.1 Å². The second-order valence-electron chi connectivity index (χ2n) is 4.83. The lowest BCUT2D eigenvalue weighted by molar-refractivity contribution is -0.131. The molecule has 0 radical (unpaired) electrons. The molecule has 104 valence electrons. The first kappa shape index (κ1) is 12.6. The Morgan fingerprint density at radius 3 is 2.55 bits per heavy atom. The highest BCUT2D eigenvalue weighted by molar-refractivity contribution is 5.92. The molecule has 1 saturated heterocycles. The molecule has 7 heteroatoms. The minimum absolute atomic E-state index is 0.00117. The molecule has 1 N–H and O–H groups in total. The van der Waals surface area contributed by atoms with Gasteiger partial charge in [-0.05, 0) is 31.0 Å². The van der Waals surface area contributed by atoms with Gasteiger partial charge in [0.05, 0.1) is 5.56 Å². The van der Waals surface area contributed by atoms with Crippen molar-refractivity contribution in [2.24, 2.45) is 0 Å². The summed E-state index contributed by atoms with van der Waals surface area (Å²) in [7, 11) is 0. The van der Waals surface area contributed by atoms with Gasteiger partial charge >= 0.3 is 5.97 Å². The van der Waals surface area contributed by atoms with Crippen LogP contribution in [0.1, 0.15) is 23.2 Å². The van der Waals surface area contributed by atoms with E-state index >= 15 is 0 Å². The van der Waals surface area contributed by atoms with Gasteiger partial charge in [-0.2, -0.15) is 15.0 Å². The van der Waals surface area contributed by atoms with Crippen LogP contribution in [0, 0.1) is 0 Å². The van der Waals surface area contributed by atoms with Crippen LogP contribution in [0.3, 0.4) is 0 Å². The van der Waals surface area contributed by atoms with Gasteiger partial charge in [-0.1, -0.05) is 0 Å². The van der Waals surface area contributed by atoms with Crippen molar-refractivity contribution in [3.8, 4) is 0 Å². The van der Waals surface area contributed by atoms with E-state index in [0.29, 0.717) is 11.0 Å². The Morgan fingerprint density at radius 2 is 1.85 bits per heavy atom. The number of carboxylic acid groups (broad SMARTS) is 1. The molecule has 1 aliphatic rings. The number of carbonyl (C=O) groups is 2. The van der Waals surface area contributed by atoms with Crippen LogP contribution in [0.25, 0.3) is 11.0 Å². The first-order chi connectivity index (χ1) is 9.63. The average Bonchev–Trinajstić information content (AvgIpc) is 3.06. The van der Waals surface area contributed by atoms with Crippen molar-refractivity contribution in [2.75, 3.05) is 13.1 Å². The van der Waals surface area contributed by atoms with E-state index in [9.17, 15) is 9.59 Å². The third-order valence-electron chi connectivity index (χ3n) is 3.40. The fourth-order valence-electron chi connectivity index (χ4n) is 2.35. The molecule has 1 aromatic carbocycles. The number of likely N-dealkylation sites (tertiary alicyclic amines) is 1. The third kappa shape index (κ3) is 2.34. The zero-order valence-corrected chi connectivity index (χ0v) is 10.8. The van der Waals surface area contributed by atoms with Crippen LogP contribution in [0.4, 0.5) is 0 Å². The molecule has 0 aliphatic carbocycles. The molecule has 20 heavy (non-hydrogen) atoms. The van der Waals surface area contributed by atoms with Gasteiger partial charge in [0.25, 0.3) is 0 Å². The molecule has 2 aromatic rings. The Morgan fingerprint density at radius 1 is 1.15 bits per heavy atom. The molecule has 0 spiro atoms. The van der Waals surface area contributed by atoms with Gasteiger partial charge in [-0.15, -0.1) is 0 Å². The molecule has 0 bridgehead atoms. The van der Waals surface area contributed by atoms with Crippen LogP contribution < -0.4 is 0 Å². The maximum Gasteiger partial charge on any atom is 0.335 e.